The monoisotopic (exact) mass is 374 g/mol. The molecule has 0 saturated heterocycles. The largest absolute Gasteiger partial charge is 0.489 e. The Hall–Kier alpha value is -2.88. The second kappa shape index (κ2) is 7.27. The number of para-hydroxylation sites is 1. The topological polar surface area (TPSA) is 65.2 Å². The Morgan fingerprint density at radius 2 is 1.96 bits per heavy atom. The van der Waals surface area contributed by atoms with E-state index in [1.54, 1.807) is 0 Å². The van der Waals surface area contributed by atoms with Gasteiger partial charge in [-0.05, 0) is 61.4 Å². The van der Waals surface area contributed by atoms with Crippen molar-refractivity contribution in [2.45, 2.75) is 39.7 Å². The maximum Gasteiger partial charge on any atom is 0.221 e. The van der Waals surface area contributed by atoms with Crippen molar-refractivity contribution in [3.63, 3.8) is 0 Å². The predicted octanol–water partition coefficient (Wildman–Crippen LogP) is 4.57. The van der Waals surface area contributed by atoms with Gasteiger partial charge in [0.2, 0.25) is 5.91 Å². The number of aromatic nitrogens is 1. The standard InChI is InChI=1S/C24H26N2O2/c1-3-24(14-21(24)23(25)27)13-17-8-10-19(11-9-17)28-15-18-12-16(2)26-22-7-5-4-6-20(18)22/h4-12,21H,3,13-15H2,1-2H3,(H2,25,27)/t21-,24-/m1/s1. The number of fused-ring (bicyclic) bond motifs is 1. The molecule has 0 unspecified atom stereocenters. The average Bonchev–Trinajstić information content (AvgIpc) is 3.42. The fourth-order valence-electron chi connectivity index (χ4n) is 4.25. The molecule has 2 N–H and O–H groups in total. The van der Waals surface area contributed by atoms with Crippen molar-refractivity contribution in [3.05, 3.63) is 71.4 Å². The third-order valence-electron chi connectivity index (χ3n) is 6.04. The van der Waals surface area contributed by atoms with Crippen molar-refractivity contribution in [2.75, 3.05) is 0 Å². The number of benzene rings is 2. The summed E-state index contributed by atoms with van der Waals surface area (Å²) in [4.78, 5) is 16.1. The first-order chi connectivity index (χ1) is 13.5. The van der Waals surface area contributed by atoms with Gasteiger partial charge in [0.1, 0.15) is 12.4 Å². The molecule has 144 valence electrons. The number of ether oxygens (including phenoxy) is 1. The van der Waals surface area contributed by atoms with Gasteiger partial charge in [-0.2, -0.15) is 0 Å². The maximum atomic E-state index is 11.5. The maximum absolute atomic E-state index is 11.5. The Balaban J connectivity index is 1.44. The zero-order chi connectivity index (χ0) is 19.7. The zero-order valence-electron chi connectivity index (χ0n) is 16.4. The van der Waals surface area contributed by atoms with E-state index in [0.717, 1.165) is 47.2 Å². The summed E-state index contributed by atoms with van der Waals surface area (Å²) in [5.41, 5.74) is 9.92. The van der Waals surface area contributed by atoms with Crippen LogP contribution in [0.3, 0.4) is 0 Å². The van der Waals surface area contributed by atoms with Gasteiger partial charge >= 0.3 is 0 Å². The van der Waals surface area contributed by atoms with Crippen molar-refractivity contribution >= 4 is 16.8 Å². The molecule has 1 aliphatic carbocycles. The molecule has 0 aliphatic heterocycles. The quantitative estimate of drug-likeness (QED) is 0.659. The molecule has 4 nitrogen and oxygen atoms in total. The molecule has 1 aromatic heterocycles. The highest BCUT2D eigenvalue weighted by Crippen LogP contribution is 2.57. The molecule has 1 fully saturated rings. The predicted molar refractivity (Wildman–Crippen MR) is 111 cm³/mol. The van der Waals surface area contributed by atoms with Crippen molar-refractivity contribution in [2.24, 2.45) is 17.1 Å². The molecule has 1 aliphatic rings. The van der Waals surface area contributed by atoms with Crippen LogP contribution < -0.4 is 10.5 Å². The number of hydrogen-bond donors (Lipinski definition) is 1. The first kappa shape index (κ1) is 18.5. The molecule has 1 saturated carbocycles. The van der Waals surface area contributed by atoms with E-state index >= 15 is 0 Å². The molecule has 28 heavy (non-hydrogen) atoms. The fraction of sp³-hybridized carbons (Fsp3) is 0.333. The third kappa shape index (κ3) is 3.59. The lowest BCUT2D eigenvalue weighted by molar-refractivity contribution is -0.120. The molecular weight excluding hydrogens is 348 g/mol. The van der Waals surface area contributed by atoms with Crippen LogP contribution in [0.25, 0.3) is 10.9 Å². The molecule has 4 heteroatoms. The lowest BCUT2D eigenvalue weighted by Crippen LogP contribution is -2.19. The molecule has 0 spiro atoms. The van der Waals surface area contributed by atoms with Gasteiger partial charge in [-0.25, -0.2) is 0 Å². The summed E-state index contributed by atoms with van der Waals surface area (Å²) >= 11 is 0. The van der Waals surface area contributed by atoms with Gasteiger partial charge in [0.05, 0.1) is 5.52 Å². The Bertz CT molecular complexity index is 1010. The molecule has 1 amide bonds. The van der Waals surface area contributed by atoms with E-state index in [1.165, 1.54) is 5.56 Å². The van der Waals surface area contributed by atoms with Crippen molar-refractivity contribution < 1.29 is 9.53 Å². The number of carbonyl (C=O) groups is 1. The Morgan fingerprint density at radius 1 is 1.21 bits per heavy atom. The molecule has 4 rings (SSSR count). The van der Waals surface area contributed by atoms with Gasteiger partial charge < -0.3 is 10.5 Å². The van der Waals surface area contributed by atoms with Crippen molar-refractivity contribution in [1.29, 1.82) is 0 Å². The summed E-state index contributed by atoms with van der Waals surface area (Å²) in [7, 11) is 0. The lowest BCUT2D eigenvalue weighted by Gasteiger charge is -2.15. The third-order valence-corrected chi connectivity index (χ3v) is 6.04. The Labute approximate surface area is 165 Å². The summed E-state index contributed by atoms with van der Waals surface area (Å²) < 4.78 is 6.04. The van der Waals surface area contributed by atoms with Crippen LogP contribution >= 0.6 is 0 Å². The van der Waals surface area contributed by atoms with E-state index in [9.17, 15) is 4.79 Å². The normalized spacial score (nSPS) is 20.9. The van der Waals surface area contributed by atoms with Crippen molar-refractivity contribution in [3.8, 4) is 5.75 Å². The number of primary amides is 1. The minimum atomic E-state index is -0.165. The summed E-state index contributed by atoms with van der Waals surface area (Å²) in [6.45, 7) is 4.65. The van der Waals surface area contributed by atoms with Gasteiger partial charge in [-0.1, -0.05) is 37.3 Å². The molecule has 0 radical (unpaired) electrons. The summed E-state index contributed by atoms with van der Waals surface area (Å²) in [5.74, 6) is 0.702. The summed E-state index contributed by atoms with van der Waals surface area (Å²) in [6, 6.07) is 18.4. The highest BCUT2D eigenvalue weighted by Gasteiger charge is 2.55. The molecule has 2 aromatic carbocycles. The molecule has 2 atom stereocenters. The van der Waals surface area contributed by atoms with Gasteiger partial charge in [-0.3, -0.25) is 9.78 Å². The van der Waals surface area contributed by atoms with Crippen LogP contribution in [0.5, 0.6) is 5.75 Å². The van der Waals surface area contributed by atoms with E-state index in [0.29, 0.717) is 6.61 Å². The smallest absolute Gasteiger partial charge is 0.221 e. The Morgan fingerprint density at radius 3 is 2.64 bits per heavy atom. The lowest BCUT2D eigenvalue weighted by atomic mass is 9.91. The van der Waals surface area contributed by atoms with E-state index in [4.69, 9.17) is 10.5 Å². The number of nitrogens with zero attached hydrogens (tertiary/aromatic N) is 1. The molecule has 1 heterocycles. The van der Waals surface area contributed by atoms with E-state index in [1.807, 2.05) is 37.3 Å². The number of hydrogen-bond acceptors (Lipinski definition) is 3. The number of carbonyl (C=O) groups excluding carboxylic acids is 1. The first-order valence-corrected chi connectivity index (χ1v) is 9.87. The van der Waals surface area contributed by atoms with Crippen LogP contribution in [-0.4, -0.2) is 10.9 Å². The second-order valence-corrected chi connectivity index (χ2v) is 7.92. The van der Waals surface area contributed by atoms with Gasteiger partial charge in [0.25, 0.3) is 0 Å². The van der Waals surface area contributed by atoms with Crippen LogP contribution in [0, 0.1) is 18.3 Å². The number of pyridine rings is 1. The highest BCUT2D eigenvalue weighted by molar-refractivity contribution is 5.82. The van der Waals surface area contributed by atoms with E-state index in [2.05, 4.69) is 36.2 Å². The van der Waals surface area contributed by atoms with Gasteiger partial charge in [0, 0.05) is 22.6 Å². The second-order valence-electron chi connectivity index (χ2n) is 7.92. The minimum absolute atomic E-state index is 0.0247. The summed E-state index contributed by atoms with van der Waals surface area (Å²) in [5, 5.41) is 1.13. The summed E-state index contributed by atoms with van der Waals surface area (Å²) in [6.07, 6.45) is 2.78. The van der Waals surface area contributed by atoms with Crippen LogP contribution in [0.2, 0.25) is 0 Å². The van der Waals surface area contributed by atoms with E-state index in [-0.39, 0.29) is 17.2 Å². The first-order valence-electron chi connectivity index (χ1n) is 9.87. The van der Waals surface area contributed by atoms with Crippen LogP contribution in [-0.2, 0) is 17.8 Å². The molecular formula is C24H26N2O2. The Kier molecular flexibility index (Phi) is 4.80. The molecule has 0 bridgehead atoms. The average molecular weight is 374 g/mol. The molecule has 3 aromatic rings. The van der Waals surface area contributed by atoms with Gasteiger partial charge in [-0.15, -0.1) is 0 Å². The number of nitrogens with two attached hydrogens (primary N) is 1. The van der Waals surface area contributed by atoms with Crippen LogP contribution in [0.15, 0.2) is 54.6 Å². The number of amides is 1. The number of aryl methyl sites for hydroxylation is 1. The fourth-order valence-corrected chi connectivity index (χ4v) is 4.25. The van der Waals surface area contributed by atoms with Crippen molar-refractivity contribution in [1.82, 2.24) is 4.98 Å². The minimum Gasteiger partial charge on any atom is -0.489 e. The number of rotatable bonds is 7. The van der Waals surface area contributed by atoms with Crippen LogP contribution in [0.4, 0.5) is 0 Å². The van der Waals surface area contributed by atoms with Crippen LogP contribution in [0.1, 0.15) is 36.6 Å². The van der Waals surface area contributed by atoms with E-state index < -0.39 is 0 Å². The zero-order valence-corrected chi connectivity index (χ0v) is 16.4. The highest BCUT2D eigenvalue weighted by atomic mass is 16.5. The SMILES string of the molecule is CC[C@@]1(Cc2ccc(OCc3cc(C)nc4ccccc34)cc2)C[C@@H]1C(N)=O. The van der Waals surface area contributed by atoms with Gasteiger partial charge in [0.15, 0.2) is 0 Å².